The Morgan fingerprint density at radius 2 is 1.83 bits per heavy atom. The van der Waals surface area contributed by atoms with Crippen molar-refractivity contribution in [3.05, 3.63) is 47.9 Å². The Hall–Kier alpha value is -2.11. The van der Waals surface area contributed by atoms with Gasteiger partial charge in [-0.05, 0) is 17.7 Å². The number of nitrogens with two attached hydrogens (primary N) is 1. The van der Waals surface area contributed by atoms with Crippen LogP contribution in [0.2, 0.25) is 0 Å². The molecule has 1 aromatic heterocycles. The van der Waals surface area contributed by atoms with Crippen molar-refractivity contribution >= 4 is 5.82 Å². The first-order valence-corrected chi connectivity index (χ1v) is 4.96. The zero-order valence-corrected chi connectivity index (χ0v) is 9.00. The van der Waals surface area contributed by atoms with E-state index < -0.39 is 17.6 Å². The van der Waals surface area contributed by atoms with Crippen LogP contribution >= 0.6 is 0 Å². The summed E-state index contributed by atoms with van der Waals surface area (Å²) in [4.78, 5) is 3.66. The summed E-state index contributed by atoms with van der Waals surface area (Å²) in [5.41, 5.74) is 4.52. The molecule has 2 rings (SSSR count). The van der Waals surface area contributed by atoms with Crippen molar-refractivity contribution in [2.45, 2.75) is 6.18 Å². The predicted octanol–water partition coefficient (Wildman–Crippen LogP) is 3.49. The van der Waals surface area contributed by atoms with Crippen LogP contribution in [0.15, 0.2) is 36.5 Å². The highest BCUT2D eigenvalue weighted by Gasteiger charge is 2.30. The van der Waals surface area contributed by atoms with E-state index in [2.05, 4.69) is 4.98 Å². The van der Waals surface area contributed by atoms with Gasteiger partial charge in [-0.15, -0.1) is 0 Å². The maximum atomic E-state index is 13.6. The monoisotopic (exact) mass is 256 g/mol. The summed E-state index contributed by atoms with van der Waals surface area (Å²) >= 11 is 0. The molecule has 0 unspecified atom stereocenters. The maximum absolute atomic E-state index is 13.6. The van der Waals surface area contributed by atoms with Gasteiger partial charge < -0.3 is 5.73 Å². The second kappa shape index (κ2) is 4.29. The highest BCUT2D eigenvalue weighted by Crippen LogP contribution is 2.32. The fourth-order valence-corrected chi connectivity index (χ4v) is 1.52. The molecule has 18 heavy (non-hydrogen) atoms. The van der Waals surface area contributed by atoms with Gasteiger partial charge in [-0.25, -0.2) is 9.37 Å². The lowest BCUT2D eigenvalue weighted by molar-refractivity contribution is -0.137. The van der Waals surface area contributed by atoms with Gasteiger partial charge >= 0.3 is 6.18 Å². The molecule has 2 aromatic rings. The highest BCUT2D eigenvalue weighted by atomic mass is 19.4. The lowest BCUT2D eigenvalue weighted by Crippen LogP contribution is -2.04. The average Bonchev–Trinajstić information content (AvgIpc) is 2.28. The molecule has 0 saturated heterocycles. The number of anilines is 1. The van der Waals surface area contributed by atoms with E-state index in [0.29, 0.717) is 0 Å². The topological polar surface area (TPSA) is 38.9 Å². The molecule has 0 aliphatic carbocycles. The Kier molecular flexibility index (Phi) is 2.94. The zero-order valence-electron chi connectivity index (χ0n) is 9.00. The smallest absolute Gasteiger partial charge is 0.384 e. The van der Waals surface area contributed by atoms with E-state index >= 15 is 0 Å². The molecule has 0 aliphatic heterocycles. The number of pyridine rings is 1. The number of benzene rings is 1. The van der Waals surface area contributed by atoms with Crippen molar-refractivity contribution in [3.63, 3.8) is 0 Å². The molecule has 6 heteroatoms. The van der Waals surface area contributed by atoms with E-state index in [4.69, 9.17) is 5.73 Å². The third kappa shape index (κ3) is 2.42. The summed E-state index contributed by atoms with van der Waals surface area (Å²) in [7, 11) is 0. The number of nitrogen functional groups attached to an aromatic ring is 1. The predicted molar refractivity (Wildman–Crippen MR) is 59.0 cm³/mol. The second-order valence-corrected chi connectivity index (χ2v) is 3.67. The number of aromatic nitrogens is 1. The van der Waals surface area contributed by atoms with Gasteiger partial charge in [0.15, 0.2) is 0 Å². The van der Waals surface area contributed by atoms with E-state index in [9.17, 15) is 17.6 Å². The molecule has 2 N–H and O–H groups in total. The zero-order chi connectivity index (χ0) is 13.3. The van der Waals surface area contributed by atoms with Crippen molar-refractivity contribution in [1.82, 2.24) is 4.98 Å². The molecular weight excluding hydrogens is 248 g/mol. The lowest BCUT2D eigenvalue weighted by atomic mass is 10.0. The first-order chi connectivity index (χ1) is 8.38. The number of halogens is 4. The minimum Gasteiger partial charge on any atom is -0.384 e. The van der Waals surface area contributed by atoms with Crippen molar-refractivity contribution in [3.8, 4) is 11.1 Å². The number of hydrogen-bond donors (Lipinski definition) is 1. The van der Waals surface area contributed by atoms with E-state index in [0.717, 1.165) is 24.4 Å². The van der Waals surface area contributed by atoms with Gasteiger partial charge in [0.2, 0.25) is 0 Å². The van der Waals surface area contributed by atoms with Crippen molar-refractivity contribution in [1.29, 1.82) is 0 Å². The van der Waals surface area contributed by atoms with Crippen LogP contribution in [0, 0.1) is 5.82 Å². The summed E-state index contributed by atoms with van der Waals surface area (Å²) < 4.78 is 51.1. The van der Waals surface area contributed by atoms with Crippen LogP contribution in [0.25, 0.3) is 11.1 Å². The molecule has 2 nitrogen and oxygen atoms in total. The van der Waals surface area contributed by atoms with Gasteiger partial charge in [0.1, 0.15) is 11.6 Å². The summed E-state index contributed by atoms with van der Waals surface area (Å²) in [6.07, 6.45) is -3.35. The third-order valence-corrected chi connectivity index (χ3v) is 2.38. The first-order valence-electron chi connectivity index (χ1n) is 4.96. The van der Waals surface area contributed by atoms with Gasteiger partial charge in [0.05, 0.1) is 5.56 Å². The molecular formula is C12H8F4N2. The Bertz CT molecular complexity index is 579. The largest absolute Gasteiger partial charge is 0.416 e. The number of nitrogens with zero attached hydrogens (tertiary/aromatic N) is 1. The molecule has 1 heterocycles. The van der Waals surface area contributed by atoms with Crippen LogP contribution in [-0.4, -0.2) is 4.98 Å². The Morgan fingerprint density at radius 1 is 1.11 bits per heavy atom. The van der Waals surface area contributed by atoms with Gasteiger partial charge in [-0.2, -0.15) is 13.2 Å². The van der Waals surface area contributed by atoms with E-state index in [1.165, 1.54) is 12.1 Å². The molecule has 0 aliphatic rings. The second-order valence-electron chi connectivity index (χ2n) is 3.67. The van der Waals surface area contributed by atoms with E-state index in [1.54, 1.807) is 0 Å². The molecule has 0 bridgehead atoms. The van der Waals surface area contributed by atoms with Crippen LogP contribution in [0.5, 0.6) is 0 Å². The molecule has 0 fully saturated rings. The first kappa shape index (κ1) is 12.3. The van der Waals surface area contributed by atoms with Crippen LogP contribution in [0.4, 0.5) is 23.4 Å². The number of alkyl halides is 3. The number of hydrogen-bond acceptors (Lipinski definition) is 2. The van der Waals surface area contributed by atoms with Crippen LogP contribution < -0.4 is 5.73 Å². The lowest BCUT2D eigenvalue weighted by Gasteiger charge is -2.09. The molecule has 0 atom stereocenters. The van der Waals surface area contributed by atoms with Crippen molar-refractivity contribution in [2.75, 3.05) is 5.73 Å². The highest BCUT2D eigenvalue weighted by molar-refractivity contribution is 5.65. The fourth-order valence-electron chi connectivity index (χ4n) is 1.52. The van der Waals surface area contributed by atoms with Crippen LogP contribution in [-0.2, 0) is 6.18 Å². The summed E-state index contributed by atoms with van der Waals surface area (Å²) in [6.45, 7) is 0. The minimum absolute atomic E-state index is 0.0182. The van der Waals surface area contributed by atoms with Gasteiger partial charge in [-0.3, -0.25) is 0 Å². The molecule has 0 amide bonds. The van der Waals surface area contributed by atoms with Crippen LogP contribution in [0.3, 0.4) is 0 Å². The minimum atomic E-state index is -4.46. The quantitative estimate of drug-likeness (QED) is 0.793. The SMILES string of the molecule is Nc1cc(F)c(-c2cccc(C(F)(F)F)c2)cn1. The fraction of sp³-hybridized carbons (Fsp3) is 0.0833. The molecule has 0 spiro atoms. The number of rotatable bonds is 1. The standard InChI is InChI=1S/C12H8F4N2/c13-10-5-11(17)18-6-9(10)7-2-1-3-8(4-7)12(14,15)16/h1-6H,(H2,17,18). The van der Waals surface area contributed by atoms with Gasteiger partial charge in [-0.1, -0.05) is 12.1 Å². The molecule has 0 saturated carbocycles. The summed E-state index contributed by atoms with van der Waals surface area (Å²) in [6, 6.07) is 5.36. The van der Waals surface area contributed by atoms with Crippen molar-refractivity contribution in [2.24, 2.45) is 0 Å². The van der Waals surface area contributed by atoms with Gasteiger partial charge in [0, 0.05) is 17.8 Å². The van der Waals surface area contributed by atoms with Crippen molar-refractivity contribution < 1.29 is 17.6 Å². The van der Waals surface area contributed by atoms with Gasteiger partial charge in [0.25, 0.3) is 0 Å². The Labute approximate surface area is 100 Å². The van der Waals surface area contributed by atoms with E-state index in [1.807, 2.05) is 0 Å². The van der Waals surface area contributed by atoms with E-state index in [-0.39, 0.29) is 16.9 Å². The average molecular weight is 256 g/mol. The summed E-state index contributed by atoms with van der Waals surface area (Å²) in [5.74, 6) is -0.731. The normalized spacial score (nSPS) is 11.6. The molecule has 0 radical (unpaired) electrons. The third-order valence-electron chi connectivity index (χ3n) is 2.38. The maximum Gasteiger partial charge on any atom is 0.416 e. The molecule has 94 valence electrons. The Morgan fingerprint density at radius 3 is 2.44 bits per heavy atom. The molecule has 1 aromatic carbocycles. The Balaban J connectivity index is 2.51. The summed E-state index contributed by atoms with van der Waals surface area (Å²) in [5, 5.41) is 0. The van der Waals surface area contributed by atoms with Crippen LogP contribution in [0.1, 0.15) is 5.56 Å².